The first-order valence-electron chi connectivity index (χ1n) is 8.84. The van der Waals surface area contributed by atoms with Gasteiger partial charge in [0, 0.05) is 11.1 Å². The van der Waals surface area contributed by atoms with Gasteiger partial charge >= 0.3 is 5.97 Å². The van der Waals surface area contributed by atoms with E-state index in [9.17, 15) is 9.18 Å². The number of carbonyl (C=O) groups excluding carboxylic acids is 1. The molecule has 0 radical (unpaired) electrons. The Kier molecular flexibility index (Phi) is 5.53. The molecule has 4 nitrogen and oxygen atoms in total. The SMILES string of the molecule is O=C1ON=C(c2ccccc2)/C1=C/c1ccc(OCc2ccccc2F)c(Br)c1. The van der Waals surface area contributed by atoms with Gasteiger partial charge < -0.3 is 9.57 Å². The van der Waals surface area contributed by atoms with Crippen molar-refractivity contribution < 1.29 is 18.8 Å². The third kappa shape index (κ3) is 4.27. The molecule has 1 heterocycles. The van der Waals surface area contributed by atoms with Crippen LogP contribution in [0.15, 0.2) is 88.0 Å². The van der Waals surface area contributed by atoms with Crippen LogP contribution in [0.2, 0.25) is 0 Å². The lowest BCUT2D eigenvalue weighted by Gasteiger charge is -2.10. The zero-order valence-electron chi connectivity index (χ0n) is 15.1. The number of oxime groups is 1. The third-order valence-corrected chi connectivity index (χ3v) is 4.97. The highest BCUT2D eigenvalue weighted by molar-refractivity contribution is 9.10. The molecule has 0 bridgehead atoms. The van der Waals surface area contributed by atoms with E-state index in [1.807, 2.05) is 42.5 Å². The second-order valence-corrected chi connectivity index (χ2v) is 7.17. The summed E-state index contributed by atoms with van der Waals surface area (Å²) in [7, 11) is 0. The summed E-state index contributed by atoms with van der Waals surface area (Å²) in [5, 5.41) is 3.90. The monoisotopic (exact) mass is 451 g/mol. The van der Waals surface area contributed by atoms with Gasteiger partial charge in [0.15, 0.2) is 0 Å². The number of ether oxygens (including phenoxy) is 1. The molecular formula is C23H15BrFNO3. The molecule has 0 saturated heterocycles. The summed E-state index contributed by atoms with van der Waals surface area (Å²) in [5.41, 5.74) is 2.92. The van der Waals surface area contributed by atoms with Crippen LogP contribution in [-0.2, 0) is 16.2 Å². The average molecular weight is 452 g/mol. The van der Waals surface area contributed by atoms with Gasteiger partial charge in [-0.15, -0.1) is 0 Å². The molecule has 1 aliphatic heterocycles. The number of benzene rings is 3. The van der Waals surface area contributed by atoms with Crippen LogP contribution in [0.1, 0.15) is 16.7 Å². The van der Waals surface area contributed by atoms with E-state index in [0.29, 0.717) is 27.1 Å². The first kappa shape index (κ1) is 19.1. The zero-order chi connectivity index (χ0) is 20.2. The molecule has 0 atom stereocenters. The van der Waals surface area contributed by atoms with E-state index in [0.717, 1.165) is 11.1 Å². The normalized spacial score (nSPS) is 14.6. The van der Waals surface area contributed by atoms with Gasteiger partial charge in [-0.25, -0.2) is 9.18 Å². The molecule has 6 heteroatoms. The molecule has 0 fully saturated rings. The van der Waals surface area contributed by atoms with Crippen molar-refractivity contribution >= 4 is 33.7 Å². The molecule has 0 N–H and O–H groups in total. The first-order chi connectivity index (χ1) is 14.1. The molecule has 144 valence electrons. The maximum absolute atomic E-state index is 13.7. The lowest BCUT2D eigenvalue weighted by Crippen LogP contribution is -2.06. The first-order valence-corrected chi connectivity index (χ1v) is 9.64. The Hall–Kier alpha value is -3.25. The Morgan fingerprint density at radius 3 is 2.55 bits per heavy atom. The second kappa shape index (κ2) is 8.41. The molecule has 0 spiro atoms. The molecule has 0 unspecified atom stereocenters. The predicted molar refractivity (Wildman–Crippen MR) is 112 cm³/mol. The van der Waals surface area contributed by atoms with Crippen molar-refractivity contribution in [1.82, 2.24) is 0 Å². The molecule has 0 aliphatic carbocycles. The maximum atomic E-state index is 13.7. The van der Waals surface area contributed by atoms with Gasteiger partial charge in [0.05, 0.1) is 10.0 Å². The smallest absolute Gasteiger partial charge is 0.368 e. The lowest BCUT2D eigenvalue weighted by molar-refractivity contribution is -0.136. The molecule has 29 heavy (non-hydrogen) atoms. The van der Waals surface area contributed by atoms with E-state index in [2.05, 4.69) is 21.1 Å². The predicted octanol–water partition coefficient (Wildman–Crippen LogP) is 5.51. The van der Waals surface area contributed by atoms with Gasteiger partial charge in [0.25, 0.3) is 0 Å². The van der Waals surface area contributed by atoms with Crippen molar-refractivity contribution in [2.45, 2.75) is 6.61 Å². The van der Waals surface area contributed by atoms with E-state index >= 15 is 0 Å². The van der Waals surface area contributed by atoms with Crippen molar-refractivity contribution in [3.8, 4) is 5.75 Å². The molecule has 3 aromatic carbocycles. The summed E-state index contributed by atoms with van der Waals surface area (Å²) in [6, 6.07) is 21.2. The summed E-state index contributed by atoms with van der Waals surface area (Å²) >= 11 is 3.47. The number of rotatable bonds is 5. The summed E-state index contributed by atoms with van der Waals surface area (Å²) in [6.45, 7) is 0.114. The summed E-state index contributed by atoms with van der Waals surface area (Å²) in [6.07, 6.45) is 1.71. The summed E-state index contributed by atoms with van der Waals surface area (Å²) in [4.78, 5) is 17.0. The van der Waals surface area contributed by atoms with Crippen LogP contribution < -0.4 is 4.74 Å². The van der Waals surface area contributed by atoms with Crippen LogP contribution in [0.3, 0.4) is 0 Å². The Morgan fingerprint density at radius 1 is 1.03 bits per heavy atom. The van der Waals surface area contributed by atoms with Crippen LogP contribution in [0.4, 0.5) is 4.39 Å². The minimum absolute atomic E-state index is 0.114. The van der Waals surface area contributed by atoms with Crippen molar-refractivity contribution in [1.29, 1.82) is 0 Å². The van der Waals surface area contributed by atoms with Crippen LogP contribution in [0.25, 0.3) is 6.08 Å². The van der Waals surface area contributed by atoms with Gasteiger partial charge in [-0.05, 0) is 45.8 Å². The maximum Gasteiger partial charge on any atom is 0.368 e. The van der Waals surface area contributed by atoms with Gasteiger partial charge in [-0.1, -0.05) is 59.8 Å². The molecular weight excluding hydrogens is 437 g/mol. The average Bonchev–Trinajstić information content (AvgIpc) is 3.09. The second-order valence-electron chi connectivity index (χ2n) is 6.31. The van der Waals surface area contributed by atoms with Crippen LogP contribution in [-0.4, -0.2) is 11.7 Å². The quantitative estimate of drug-likeness (QED) is 0.379. The van der Waals surface area contributed by atoms with Gasteiger partial charge in [0.2, 0.25) is 0 Å². The van der Waals surface area contributed by atoms with E-state index in [-0.39, 0.29) is 12.4 Å². The van der Waals surface area contributed by atoms with Crippen LogP contribution in [0.5, 0.6) is 5.75 Å². The lowest BCUT2D eigenvalue weighted by atomic mass is 10.0. The van der Waals surface area contributed by atoms with Gasteiger partial charge in [0.1, 0.15) is 23.9 Å². The number of hydrogen-bond acceptors (Lipinski definition) is 4. The summed E-state index contributed by atoms with van der Waals surface area (Å²) in [5.74, 6) is -0.237. The fraction of sp³-hybridized carbons (Fsp3) is 0.0435. The molecule has 0 saturated carbocycles. The largest absolute Gasteiger partial charge is 0.488 e. The zero-order valence-corrected chi connectivity index (χ0v) is 16.7. The summed E-state index contributed by atoms with van der Waals surface area (Å²) < 4.78 is 20.1. The van der Waals surface area contributed by atoms with E-state index in [1.165, 1.54) is 6.07 Å². The Balaban J connectivity index is 1.55. The van der Waals surface area contributed by atoms with Gasteiger partial charge in [-0.2, -0.15) is 0 Å². The number of carbonyl (C=O) groups is 1. The third-order valence-electron chi connectivity index (χ3n) is 4.35. The molecule has 0 amide bonds. The highest BCUT2D eigenvalue weighted by Crippen LogP contribution is 2.29. The number of hydrogen-bond donors (Lipinski definition) is 0. The topological polar surface area (TPSA) is 47.9 Å². The van der Waals surface area contributed by atoms with Crippen LogP contribution in [0, 0.1) is 5.82 Å². The molecule has 4 rings (SSSR count). The number of halogens is 2. The minimum Gasteiger partial charge on any atom is -0.488 e. The highest BCUT2D eigenvalue weighted by atomic mass is 79.9. The van der Waals surface area contributed by atoms with E-state index in [1.54, 1.807) is 30.3 Å². The molecule has 1 aliphatic rings. The van der Waals surface area contributed by atoms with Gasteiger partial charge in [-0.3, -0.25) is 0 Å². The van der Waals surface area contributed by atoms with Crippen molar-refractivity contribution in [2.24, 2.45) is 5.16 Å². The van der Waals surface area contributed by atoms with Crippen molar-refractivity contribution in [3.63, 3.8) is 0 Å². The number of nitrogens with zero attached hydrogens (tertiary/aromatic N) is 1. The van der Waals surface area contributed by atoms with E-state index < -0.39 is 5.97 Å². The highest BCUT2D eigenvalue weighted by Gasteiger charge is 2.26. The molecule has 3 aromatic rings. The van der Waals surface area contributed by atoms with Crippen molar-refractivity contribution in [3.05, 3.63) is 105 Å². The minimum atomic E-state index is -0.500. The Morgan fingerprint density at radius 2 is 1.79 bits per heavy atom. The fourth-order valence-electron chi connectivity index (χ4n) is 2.88. The van der Waals surface area contributed by atoms with E-state index in [4.69, 9.17) is 9.57 Å². The standard InChI is InChI=1S/C23H15BrFNO3/c24-19-13-15(10-11-21(19)28-14-17-8-4-5-9-20(17)25)12-18-22(26-29-23(18)27)16-6-2-1-3-7-16/h1-13H,14H2/b18-12-. The van der Waals surface area contributed by atoms with Crippen molar-refractivity contribution in [2.75, 3.05) is 0 Å². The molecule has 0 aromatic heterocycles. The Labute approximate surface area is 175 Å². The van der Waals surface area contributed by atoms with Crippen LogP contribution >= 0.6 is 15.9 Å². The fourth-order valence-corrected chi connectivity index (χ4v) is 3.39. The Bertz CT molecular complexity index is 1130.